The minimum Gasteiger partial charge on any atom is -0.444 e. The zero-order valence-electron chi connectivity index (χ0n) is 11.4. The summed E-state index contributed by atoms with van der Waals surface area (Å²) in [7, 11) is 2.16. The normalized spacial score (nSPS) is 30.2. The maximum Gasteiger partial charge on any atom is 0.410 e. The SMILES string of the molecule is CN1CC2CCN(C(=O)OC(C)(C)C)CC2C1. The average molecular weight is 240 g/mol. The number of hydrogen-bond donors (Lipinski definition) is 0. The van der Waals surface area contributed by atoms with Crippen LogP contribution in [0.15, 0.2) is 0 Å². The lowest BCUT2D eigenvalue weighted by atomic mass is 9.89. The van der Waals surface area contributed by atoms with Gasteiger partial charge < -0.3 is 14.5 Å². The van der Waals surface area contributed by atoms with Gasteiger partial charge in [0.25, 0.3) is 0 Å². The number of carbonyl (C=O) groups is 1. The highest BCUT2D eigenvalue weighted by Gasteiger charge is 2.37. The first-order valence-corrected chi connectivity index (χ1v) is 6.51. The number of amides is 1. The summed E-state index contributed by atoms with van der Waals surface area (Å²) in [5.41, 5.74) is -0.388. The minimum absolute atomic E-state index is 0.148. The number of likely N-dealkylation sites (tertiary alicyclic amines) is 2. The van der Waals surface area contributed by atoms with Gasteiger partial charge in [-0.25, -0.2) is 4.79 Å². The van der Waals surface area contributed by atoms with Crippen molar-refractivity contribution in [2.75, 3.05) is 33.2 Å². The zero-order chi connectivity index (χ0) is 12.6. The van der Waals surface area contributed by atoms with Crippen molar-refractivity contribution < 1.29 is 9.53 Å². The van der Waals surface area contributed by atoms with Crippen molar-refractivity contribution in [3.63, 3.8) is 0 Å². The van der Waals surface area contributed by atoms with Crippen molar-refractivity contribution in [3.8, 4) is 0 Å². The van der Waals surface area contributed by atoms with Crippen LogP contribution in [-0.4, -0.2) is 54.7 Å². The second-order valence-electron chi connectivity index (χ2n) is 6.46. The quantitative estimate of drug-likeness (QED) is 0.647. The Hall–Kier alpha value is -0.770. The van der Waals surface area contributed by atoms with Gasteiger partial charge in [-0.3, -0.25) is 0 Å². The third-order valence-corrected chi connectivity index (χ3v) is 3.64. The maximum atomic E-state index is 12.0. The number of nitrogens with zero attached hydrogens (tertiary/aromatic N) is 2. The second kappa shape index (κ2) is 4.48. The summed E-state index contributed by atoms with van der Waals surface area (Å²) in [6, 6.07) is 0. The predicted molar refractivity (Wildman–Crippen MR) is 66.9 cm³/mol. The van der Waals surface area contributed by atoms with Crippen LogP contribution in [0.5, 0.6) is 0 Å². The Kier molecular flexibility index (Phi) is 3.34. The van der Waals surface area contributed by atoms with Crippen LogP contribution in [0.2, 0.25) is 0 Å². The lowest BCUT2D eigenvalue weighted by molar-refractivity contribution is 0.0139. The second-order valence-corrected chi connectivity index (χ2v) is 6.46. The van der Waals surface area contributed by atoms with Crippen LogP contribution in [0, 0.1) is 11.8 Å². The average Bonchev–Trinajstić information content (AvgIpc) is 2.53. The lowest BCUT2D eigenvalue weighted by Gasteiger charge is -2.35. The molecule has 2 rings (SSSR count). The molecule has 0 spiro atoms. The summed E-state index contributed by atoms with van der Waals surface area (Å²) in [6.07, 6.45) is 0.972. The molecular formula is C13H24N2O2. The summed E-state index contributed by atoms with van der Waals surface area (Å²) in [4.78, 5) is 16.2. The van der Waals surface area contributed by atoms with Gasteiger partial charge in [0.1, 0.15) is 5.60 Å². The largest absolute Gasteiger partial charge is 0.444 e. The Morgan fingerprint density at radius 1 is 1.18 bits per heavy atom. The van der Waals surface area contributed by atoms with E-state index >= 15 is 0 Å². The molecular weight excluding hydrogens is 216 g/mol. The molecule has 0 aromatic heterocycles. The van der Waals surface area contributed by atoms with Gasteiger partial charge in [0.2, 0.25) is 0 Å². The van der Waals surface area contributed by atoms with Gasteiger partial charge >= 0.3 is 6.09 Å². The van der Waals surface area contributed by atoms with E-state index in [0.717, 1.165) is 32.0 Å². The summed E-state index contributed by atoms with van der Waals surface area (Å²) >= 11 is 0. The zero-order valence-corrected chi connectivity index (χ0v) is 11.4. The molecule has 0 bridgehead atoms. The highest BCUT2D eigenvalue weighted by atomic mass is 16.6. The molecule has 0 saturated carbocycles. The van der Waals surface area contributed by atoms with Gasteiger partial charge in [0, 0.05) is 26.2 Å². The number of rotatable bonds is 0. The summed E-state index contributed by atoms with van der Waals surface area (Å²) < 4.78 is 5.43. The molecule has 0 N–H and O–H groups in total. The predicted octanol–water partition coefficient (Wildman–Crippen LogP) is 1.80. The molecule has 2 heterocycles. The lowest BCUT2D eigenvalue weighted by Crippen LogP contribution is -2.45. The Morgan fingerprint density at radius 3 is 2.47 bits per heavy atom. The van der Waals surface area contributed by atoms with E-state index < -0.39 is 0 Å². The van der Waals surface area contributed by atoms with E-state index in [1.165, 1.54) is 6.54 Å². The van der Waals surface area contributed by atoms with Crippen LogP contribution in [0.1, 0.15) is 27.2 Å². The molecule has 0 aromatic rings. The summed E-state index contributed by atoms with van der Waals surface area (Å²) in [6.45, 7) is 9.77. The minimum atomic E-state index is -0.388. The van der Waals surface area contributed by atoms with Gasteiger partial charge in [0.05, 0.1) is 0 Å². The van der Waals surface area contributed by atoms with E-state index in [9.17, 15) is 4.79 Å². The van der Waals surface area contributed by atoms with Gasteiger partial charge in [-0.15, -0.1) is 0 Å². The highest BCUT2D eigenvalue weighted by molar-refractivity contribution is 5.68. The fourth-order valence-electron chi connectivity index (χ4n) is 2.90. The van der Waals surface area contributed by atoms with Crippen LogP contribution in [0.3, 0.4) is 0 Å². The van der Waals surface area contributed by atoms with Crippen LogP contribution in [0.25, 0.3) is 0 Å². The fraction of sp³-hybridized carbons (Fsp3) is 0.923. The smallest absolute Gasteiger partial charge is 0.410 e. The molecule has 1 amide bonds. The Morgan fingerprint density at radius 2 is 1.82 bits per heavy atom. The monoisotopic (exact) mass is 240 g/mol. The maximum absolute atomic E-state index is 12.0. The van der Waals surface area contributed by atoms with Crippen molar-refractivity contribution in [1.82, 2.24) is 9.80 Å². The molecule has 2 saturated heterocycles. The van der Waals surface area contributed by atoms with E-state index in [1.807, 2.05) is 25.7 Å². The number of carbonyl (C=O) groups excluding carboxylic acids is 1. The Balaban J connectivity index is 1.90. The van der Waals surface area contributed by atoms with Crippen LogP contribution in [0.4, 0.5) is 4.79 Å². The van der Waals surface area contributed by atoms with Crippen LogP contribution >= 0.6 is 0 Å². The topological polar surface area (TPSA) is 32.8 Å². The van der Waals surface area contributed by atoms with E-state index in [2.05, 4.69) is 11.9 Å². The molecule has 2 unspecified atom stereocenters. The van der Waals surface area contributed by atoms with E-state index in [4.69, 9.17) is 4.74 Å². The van der Waals surface area contributed by atoms with Crippen LogP contribution in [-0.2, 0) is 4.74 Å². The number of hydrogen-bond acceptors (Lipinski definition) is 3. The molecule has 0 aliphatic carbocycles. The first-order chi connectivity index (χ1) is 7.85. The third kappa shape index (κ3) is 3.12. The number of fused-ring (bicyclic) bond motifs is 1. The molecule has 0 aromatic carbocycles. The molecule has 98 valence electrons. The van der Waals surface area contributed by atoms with Gasteiger partial charge in [-0.2, -0.15) is 0 Å². The van der Waals surface area contributed by atoms with Crippen molar-refractivity contribution >= 4 is 6.09 Å². The third-order valence-electron chi connectivity index (χ3n) is 3.64. The molecule has 4 nitrogen and oxygen atoms in total. The highest BCUT2D eigenvalue weighted by Crippen LogP contribution is 2.30. The number of piperidine rings is 1. The van der Waals surface area contributed by atoms with Gasteiger partial charge in [0.15, 0.2) is 0 Å². The van der Waals surface area contributed by atoms with E-state index in [0.29, 0.717) is 5.92 Å². The first-order valence-electron chi connectivity index (χ1n) is 6.51. The Bertz CT molecular complexity index is 298. The standard InChI is InChI=1S/C13H24N2O2/c1-13(2,3)17-12(16)15-6-5-10-7-14(4)8-11(10)9-15/h10-11H,5-9H2,1-4H3. The molecule has 2 aliphatic heterocycles. The van der Waals surface area contributed by atoms with Crippen molar-refractivity contribution in [2.24, 2.45) is 11.8 Å². The molecule has 17 heavy (non-hydrogen) atoms. The first kappa shape index (κ1) is 12.7. The van der Waals surface area contributed by atoms with Crippen molar-refractivity contribution in [2.45, 2.75) is 32.8 Å². The van der Waals surface area contributed by atoms with E-state index in [1.54, 1.807) is 0 Å². The van der Waals surface area contributed by atoms with E-state index in [-0.39, 0.29) is 11.7 Å². The summed E-state index contributed by atoms with van der Waals surface area (Å²) in [5, 5.41) is 0. The Labute approximate surface area is 104 Å². The molecule has 4 heteroatoms. The molecule has 2 aliphatic rings. The van der Waals surface area contributed by atoms with Crippen molar-refractivity contribution in [3.05, 3.63) is 0 Å². The van der Waals surface area contributed by atoms with Gasteiger partial charge in [-0.1, -0.05) is 0 Å². The molecule has 2 atom stereocenters. The van der Waals surface area contributed by atoms with Crippen LogP contribution < -0.4 is 0 Å². The van der Waals surface area contributed by atoms with Gasteiger partial charge in [-0.05, 0) is 46.1 Å². The summed E-state index contributed by atoms with van der Waals surface area (Å²) in [5.74, 6) is 1.42. The number of ether oxygens (including phenoxy) is 1. The van der Waals surface area contributed by atoms with Crippen molar-refractivity contribution in [1.29, 1.82) is 0 Å². The fourth-order valence-corrected chi connectivity index (χ4v) is 2.90. The molecule has 2 fully saturated rings. The molecule has 0 radical (unpaired) electrons.